The van der Waals surface area contributed by atoms with Gasteiger partial charge < -0.3 is 15.0 Å². The Labute approximate surface area is 211 Å². The average molecular weight is 492 g/mol. The van der Waals surface area contributed by atoms with Gasteiger partial charge in [-0.15, -0.1) is 5.11 Å². The SMILES string of the molecule is C.CNCCCN(C)c1ccc(N=Nc2cc(OC)c(N=Nc3ccc([N+](=O)[O-])cc3)cc2C)cc1. The number of aryl methyl sites for hydroxylation is 1. The highest BCUT2D eigenvalue weighted by Crippen LogP contribution is 2.36. The van der Waals surface area contributed by atoms with Crippen LogP contribution in [0.3, 0.4) is 0 Å². The number of nitro groups is 1. The van der Waals surface area contributed by atoms with Crippen LogP contribution >= 0.6 is 0 Å². The lowest BCUT2D eigenvalue weighted by Gasteiger charge is -2.19. The van der Waals surface area contributed by atoms with E-state index < -0.39 is 4.92 Å². The Morgan fingerprint density at radius 1 is 0.944 bits per heavy atom. The van der Waals surface area contributed by atoms with Crippen LogP contribution in [-0.2, 0) is 0 Å². The van der Waals surface area contributed by atoms with Crippen LogP contribution in [0.1, 0.15) is 19.4 Å². The largest absolute Gasteiger partial charge is 0.494 e. The Kier molecular flexibility index (Phi) is 10.6. The van der Waals surface area contributed by atoms with Crippen LogP contribution in [-0.4, -0.2) is 39.2 Å². The molecule has 10 heteroatoms. The summed E-state index contributed by atoms with van der Waals surface area (Å²) < 4.78 is 5.46. The summed E-state index contributed by atoms with van der Waals surface area (Å²) >= 11 is 0. The fourth-order valence-corrected chi connectivity index (χ4v) is 3.27. The van der Waals surface area contributed by atoms with Crippen LogP contribution in [0.2, 0.25) is 0 Å². The van der Waals surface area contributed by atoms with Gasteiger partial charge in [-0.05, 0) is 75.0 Å². The first kappa shape index (κ1) is 28.1. The average Bonchev–Trinajstić information content (AvgIpc) is 2.87. The summed E-state index contributed by atoms with van der Waals surface area (Å²) in [5, 5.41) is 31.1. The third-order valence-electron chi connectivity index (χ3n) is 5.32. The number of non-ortho nitro benzene ring substituents is 1. The first-order valence-electron chi connectivity index (χ1n) is 11.1. The molecule has 0 aliphatic rings. The molecule has 0 unspecified atom stereocenters. The zero-order valence-corrected chi connectivity index (χ0v) is 20.3. The number of rotatable bonds is 11. The van der Waals surface area contributed by atoms with Crippen molar-refractivity contribution in [3.63, 3.8) is 0 Å². The Balaban J connectivity index is 0.00000456. The Morgan fingerprint density at radius 2 is 1.53 bits per heavy atom. The Bertz CT molecular complexity index is 1190. The number of hydrogen-bond acceptors (Lipinski definition) is 9. The van der Waals surface area contributed by atoms with E-state index in [2.05, 4.69) is 37.7 Å². The van der Waals surface area contributed by atoms with Gasteiger partial charge in [0.15, 0.2) is 0 Å². The number of benzene rings is 3. The number of methoxy groups -OCH3 is 1. The second kappa shape index (κ2) is 13.6. The summed E-state index contributed by atoms with van der Waals surface area (Å²) in [6, 6.07) is 17.3. The molecule has 0 aliphatic carbocycles. The first-order chi connectivity index (χ1) is 16.9. The van der Waals surface area contributed by atoms with Crippen LogP contribution in [0.5, 0.6) is 5.75 Å². The van der Waals surface area contributed by atoms with E-state index in [1.54, 1.807) is 13.2 Å². The van der Waals surface area contributed by atoms with Crippen LogP contribution in [0.4, 0.5) is 34.1 Å². The maximum absolute atomic E-state index is 10.8. The van der Waals surface area contributed by atoms with Crippen molar-refractivity contribution in [1.82, 2.24) is 5.32 Å². The van der Waals surface area contributed by atoms with Crippen molar-refractivity contribution >= 4 is 34.1 Å². The standard InChI is InChI=1S/C25H29N7O3.CH4/c1-18-16-24(30-28-20-8-12-22(13-9-20)32(33)34)25(35-4)17-23(18)29-27-19-6-10-21(11-7-19)31(3)15-5-14-26-2;/h6-13,16-17,26H,5,14-15H2,1-4H3;1H4. The van der Waals surface area contributed by atoms with Gasteiger partial charge in [-0.1, -0.05) is 7.43 Å². The van der Waals surface area contributed by atoms with Crippen LogP contribution in [0.25, 0.3) is 0 Å². The van der Waals surface area contributed by atoms with Gasteiger partial charge in [-0.25, -0.2) is 0 Å². The number of nitrogens with zero attached hydrogens (tertiary/aromatic N) is 6. The van der Waals surface area contributed by atoms with Gasteiger partial charge in [0.2, 0.25) is 0 Å². The normalized spacial score (nSPS) is 11.0. The monoisotopic (exact) mass is 491 g/mol. The van der Waals surface area contributed by atoms with E-state index in [-0.39, 0.29) is 13.1 Å². The van der Waals surface area contributed by atoms with E-state index in [0.717, 1.165) is 36.4 Å². The van der Waals surface area contributed by atoms with E-state index >= 15 is 0 Å². The lowest BCUT2D eigenvalue weighted by molar-refractivity contribution is -0.384. The number of nitrogens with one attached hydrogen (secondary N) is 1. The van der Waals surface area contributed by atoms with Crippen LogP contribution in [0.15, 0.2) is 81.1 Å². The molecule has 1 N–H and O–H groups in total. The number of hydrogen-bond donors (Lipinski definition) is 1. The summed E-state index contributed by atoms with van der Waals surface area (Å²) in [4.78, 5) is 12.5. The summed E-state index contributed by atoms with van der Waals surface area (Å²) in [5.74, 6) is 0.494. The second-order valence-electron chi connectivity index (χ2n) is 7.88. The van der Waals surface area contributed by atoms with Gasteiger partial charge in [-0.3, -0.25) is 10.1 Å². The van der Waals surface area contributed by atoms with Crippen molar-refractivity contribution in [3.05, 3.63) is 76.3 Å². The molecule has 0 amide bonds. The predicted molar refractivity (Wildman–Crippen MR) is 144 cm³/mol. The van der Waals surface area contributed by atoms with Gasteiger partial charge in [0.25, 0.3) is 5.69 Å². The highest BCUT2D eigenvalue weighted by molar-refractivity contribution is 5.63. The summed E-state index contributed by atoms with van der Waals surface area (Å²) in [7, 11) is 5.57. The second-order valence-corrected chi connectivity index (χ2v) is 7.88. The van der Waals surface area contributed by atoms with Gasteiger partial charge in [0.05, 0.1) is 29.1 Å². The molecule has 0 radical (unpaired) electrons. The highest BCUT2D eigenvalue weighted by atomic mass is 16.6. The molecule has 0 atom stereocenters. The van der Waals surface area contributed by atoms with E-state index in [9.17, 15) is 10.1 Å². The number of azo groups is 2. The van der Waals surface area contributed by atoms with E-state index in [0.29, 0.717) is 22.8 Å². The molecule has 3 aromatic rings. The molecule has 190 valence electrons. The van der Waals surface area contributed by atoms with Crippen molar-refractivity contribution in [2.45, 2.75) is 20.8 Å². The molecule has 0 aromatic heterocycles. The Hall–Kier alpha value is -4.18. The fraction of sp³-hybridized carbons (Fsp3) is 0.308. The van der Waals surface area contributed by atoms with E-state index in [4.69, 9.17) is 4.74 Å². The van der Waals surface area contributed by atoms with Crippen LogP contribution < -0.4 is 15.0 Å². The smallest absolute Gasteiger partial charge is 0.269 e. The van der Waals surface area contributed by atoms with Gasteiger partial charge in [0.1, 0.15) is 11.4 Å². The maximum Gasteiger partial charge on any atom is 0.269 e. The van der Waals surface area contributed by atoms with E-state index in [1.807, 2.05) is 44.3 Å². The van der Waals surface area contributed by atoms with Crippen molar-refractivity contribution < 1.29 is 9.66 Å². The molecule has 3 rings (SSSR count). The zero-order valence-electron chi connectivity index (χ0n) is 20.3. The van der Waals surface area contributed by atoms with Crippen molar-refractivity contribution in [1.29, 1.82) is 0 Å². The maximum atomic E-state index is 10.8. The van der Waals surface area contributed by atoms with Crippen molar-refractivity contribution in [2.24, 2.45) is 20.5 Å². The molecule has 0 saturated carbocycles. The lowest BCUT2D eigenvalue weighted by atomic mass is 10.1. The third kappa shape index (κ3) is 7.67. The summed E-state index contributed by atoms with van der Waals surface area (Å²) in [6.07, 6.45) is 1.07. The molecule has 0 fully saturated rings. The minimum atomic E-state index is -0.458. The van der Waals surface area contributed by atoms with Gasteiger partial charge >= 0.3 is 0 Å². The minimum absolute atomic E-state index is 0. The topological polar surface area (TPSA) is 117 Å². The molecule has 0 aliphatic heterocycles. The molecular weight excluding hydrogens is 458 g/mol. The minimum Gasteiger partial charge on any atom is -0.494 e. The molecule has 0 saturated heterocycles. The lowest BCUT2D eigenvalue weighted by Crippen LogP contribution is -2.21. The molecule has 10 nitrogen and oxygen atoms in total. The van der Waals surface area contributed by atoms with Gasteiger partial charge in [0, 0.05) is 37.5 Å². The fourth-order valence-electron chi connectivity index (χ4n) is 3.27. The Morgan fingerprint density at radius 3 is 2.08 bits per heavy atom. The quantitative estimate of drug-likeness (QED) is 0.130. The number of ether oxygens (including phenoxy) is 1. The summed E-state index contributed by atoms with van der Waals surface area (Å²) in [6.45, 7) is 3.85. The summed E-state index contributed by atoms with van der Waals surface area (Å²) in [5.41, 5.74) is 4.40. The molecule has 0 spiro atoms. The van der Waals surface area contributed by atoms with Crippen LogP contribution in [0, 0.1) is 17.0 Å². The first-order valence-corrected chi connectivity index (χ1v) is 11.1. The van der Waals surface area contributed by atoms with Crippen molar-refractivity contribution in [3.8, 4) is 5.75 Å². The highest BCUT2D eigenvalue weighted by Gasteiger charge is 2.09. The molecule has 0 bridgehead atoms. The van der Waals surface area contributed by atoms with Gasteiger partial charge in [-0.2, -0.15) is 15.3 Å². The molecule has 0 heterocycles. The third-order valence-corrected chi connectivity index (χ3v) is 5.32. The zero-order chi connectivity index (χ0) is 25.2. The molecular formula is C26H33N7O3. The predicted octanol–water partition coefficient (Wildman–Crippen LogP) is 7.42. The molecule has 3 aromatic carbocycles. The van der Waals surface area contributed by atoms with E-state index in [1.165, 1.54) is 24.3 Å². The number of anilines is 1. The molecule has 36 heavy (non-hydrogen) atoms. The number of nitro benzene ring substituents is 1. The van der Waals surface area contributed by atoms with Crippen molar-refractivity contribution in [2.75, 3.05) is 39.2 Å².